The maximum absolute atomic E-state index is 6.36. The molecule has 0 fully saturated rings. The Morgan fingerprint density at radius 3 is 1.46 bits per heavy atom. The number of hydrogen-bond acceptors (Lipinski definition) is 2. The van der Waals surface area contributed by atoms with Crippen LogP contribution in [0.25, 0.3) is 0 Å². The third-order valence-corrected chi connectivity index (χ3v) is 5.91. The Bertz CT molecular complexity index is 767. The average molecular weight is 359 g/mol. The molecule has 0 aliphatic carbocycles. The van der Waals surface area contributed by atoms with Gasteiger partial charge in [-0.15, -0.1) is 0 Å². The molecule has 3 aromatic carbocycles. The first-order valence-electron chi connectivity index (χ1n) is 8.94. The lowest BCUT2D eigenvalue weighted by Crippen LogP contribution is -2.54. The molecule has 1 unspecified atom stereocenters. The van der Waals surface area contributed by atoms with E-state index in [0.29, 0.717) is 5.75 Å². The third kappa shape index (κ3) is 2.48. The van der Waals surface area contributed by atoms with Crippen molar-refractivity contribution in [3.05, 3.63) is 120 Å². The summed E-state index contributed by atoms with van der Waals surface area (Å²) in [5, 5.41) is 0. The van der Waals surface area contributed by atoms with Crippen LogP contribution in [0.3, 0.4) is 0 Å². The Balaban J connectivity index is 2.11. The fourth-order valence-electron chi connectivity index (χ4n) is 4.28. The highest BCUT2D eigenvalue weighted by atomic mass is 32.1. The first-order valence-corrected chi connectivity index (χ1v) is 9.57. The third-order valence-electron chi connectivity index (χ3n) is 5.40. The summed E-state index contributed by atoms with van der Waals surface area (Å²) in [6.07, 6.45) is 4.76. The molecular formula is C24H22OS. The van der Waals surface area contributed by atoms with Crippen LogP contribution in [0.4, 0.5) is 0 Å². The van der Waals surface area contributed by atoms with Crippen molar-refractivity contribution in [3.63, 3.8) is 0 Å². The van der Waals surface area contributed by atoms with E-state index in [9.17, 15) is 0 Å². The fraction of sp³-hybridized carbons (Fsp3) is 0.167. The molecule has 0 bridgehead atoms. The summed E-state index contributed by atoms with van der Waals surface area (Å²) in [7, 11) is 0. The van der Waals surface area contributed by atoms with Crippen molar-refractivity contribution in [2.45, 2.75) is 17.4 Å². The SMILES string of the molecule is SCC1(C(c2ccccc2)(c2ccccc2)c2ccccc2)CC=CO1. The first kappa shape index (κ1) is 17.0. The van der Waals surface area contributed by atoms with Crippen molar-refractivity contribution in [2.75, 3.05) is 5.75 Å². The largest absolute Gasteiger partial charge is 0.492 e. The highest BCUT2D eigenvalue weighted by molar-refractivity contribution is 7.80. The van der Waals surface area contributed by atoms with Gasteiger partial charge in [0.05, 0.1) is 11.7 Å². The van der Waals surface area contributed by atoms with E-state index in [2.05, 4.69) is 97.1 Å². The van der Waals surface area contributed by atoms with Crippen LogP contribution in [0.2, 0.25) is 0 Å². The van der Waals surface area contributed by atoms with Gasteiger partial charge in [-0.1, -0.05) is 91.0 Å². The summed E-state index contributed by atoms with van der Waals surface area (Å²) < 4.78 is 6.36. The molecule has 3 aromatic rings. The van der Waals surface area contributed by atoms with Crippen molar-refractivity contribution < 1.29 is 4.74 Å². The average Bonchev–Trinajstić information content (AvgIpc) is 3.22. The van der Waals surface area contributed by atoms with Crippen LogP contribution in [-0.2, 0) is 10.2 Å². The normalized spacial score (nSPS) is 19.3. The number of ether oxygens (including phenoxy) is 1. The maximum atomic E-state index is 6.36. The van der Waals surface area contributed by atoms with Gasteiger partial charge in [0.2, 0.25) is 0 Å². The van der Waals surface area contributed by atoms with Crippen LogP contribution < -0.4 is 0 Å². The second-order valence-electron chi connectivity index (χ2n) is 6.69. The summed E-state index contributed by atoms with van der Waals surface area (Å²) >= 11 is 4.78. The second-order valence-corrected chi connectivity index (χ2v) is 7.01. The van der Waals surface area contributed by atoms with Gasteiger partial charge in [0.15, 0.2) is 0 Å². The molecule has 1 aliphatic heterocycles. The molecule has 130 valence electrons. The van der Waals surface area contributed by atoms with Crippen LogP contribution in [0.5, 0.6) is 0 Å². The van der Waals surface area contributed by atoms with Crippen molar-refractivity contribution in [1.29, 1.82) is 0 Å². The van der Waals surface area contributed by atoms with E-state index < -0.39 is 11.0 Å². The maximum Gasteiger partial charge on any atom is 0.138 e. The second kappa shape index (κ2) is 7.05. The molecular weight excluding hydrogens is 336 g/mol. The number of rotatable bonds is 5. The van der Waals surface area contributed by atoms with Gasteiger partial charge in [0, 0.05) is 12.2 Å². The molecule has 0 radical (unpaired) electrons. The quantitative estimate of drug-likeness (QED) is 0.460. The first-order chi connectivity index (χ1) is 12.8. The molecule has 1 aliphatic rings. The fourth-order valence-corrected chi connectivity index (χ4v) is 4.72. The van der Waals surface area contributed by atoms with Gasteiger partial charge in [-0.05, 0) is 22.8 Å². The molecule has 4 rings (SSSR count). The molecule has 2 heteroatoms. The van der Waals surface area contributed by atoms with Crippen LogP contribution in [-0.4, -0.2) is 11.4 Å². The van der Waals surface area contributed by atoms with Gasteiger partial charge in [-0.25, -0.2) is 0 Å². The van der Waals surface area contributed by atoms with Crippen LogP contribution in [0, 0.1) is 0 Å². The molecule has 26 heavy (non-hydrogen) atoms. The lowest BCUT2D eigenvalue weighted by molar-refractivity contribution is 0.0206. The Morgan fingerprint density at radius 2 is 1.15 bits per heavy atom. The van der Waals surface area contributed by atoms with E-state index in [4.69, 9.17) is 17.4 Å². The molecule has 0 amide bonds. The van der Waals surface area contributed by atoms with Gasteiger partial charge in [-0.3, -0.25) is 0 Å². The van der Waals surface area contributed by atoms with E-state index in [-0.39, 0.29) is 0 Å². The van der Waals surface area contributed by atoms with Gasteiger partial charge in [0.1, 0.15) is 5.60 Å². The molecule has 0 N–H and O–H groups in total. The Kier molecular flexibility index (Phi) is 4.60. The summed E-state index contributed by atoms with van der Waals surface area (Å²) in [5.74, 6) is 0.610. The highest BCUT2D eigenvalue weighted by Crippen LogP contribution is 2.52. The molecule has 1 heterocycles. The predicted molar refractivity (Wildman–Crippen MR) is 111 cm³/mol. The minimum absolute atomic E-state index is 0.456. The summed E-state index contributed by atoms with van der Waals surface area (Å²) in [5.41, 5.74) is 2.71. The van der Waals surface area contributed by atoms with Crippen LogP contribution in [0.15, 0.2) is 103 Å². The van der Waals surface area contributed by atoms with Gasteiger partial charge in [-0.2, -0.15) is 12.6 Å². The van der Waals surface area contributed by atoms with Crippen molar-refractivity contribution in [2.24, 2.45) is 0 Å². The van der Waals surface area contributed by atoms with Crippen LogP contribution in [0.1, 0.15) is 23.1 Å². The zero-order valence-electron chi connectivity index (χ0n) is 14.6. The monoisotopic (exact) mass is 358 g/mol. The minimum Gasteiger partial charge on any atom is -0.492 e. The molecule has 1 nitrogen and oxygen atoms in total. The van der Waals surface area contributed by atoms with E-state index in [1.165, 1.54) is 16.7 Å². The van der Waals surface area contributed by atoms with Crippen molar-refractivity contribution in [3.8, 4) is 0 Å². The number of hydrogen-bond donors (Lipinski definition) is 1. The van der Waals surface area contributed by atoms with Gasteiger partial charge in [0.25, 0.3) is 0 Å². The van der Waals surface area contributed by atoms with Crippen LogP contribution >= 0.6 is 12.6 Å². The predicted octanol–water partition coefficient (Wildman–Crippen LogP) is 5.62. The van der Waals surface area contributed by atoms with E-state index in [0.717, 1.165) is 6.42 Å². The smallest absolute Gasteiger partial charge is 0.138 e. The van der Waals surface area contributed by atoms with E-state index in [1.54, 1.807) is 0 Å². The minimum atomic E-state index is -0.486. The molecule has 0 saturated carbocycles. The van der Waals surface area contributed by atoms with Crippen molar-refractivity contribution >= 4 is 12.6 Å². The Hall–Kier alpha value is -2.45. The highest BCUT2D eigenvalue weighted by Gasteiger charge is 2.56. The topological polar surface area (TPSA) is 9.23 Å². The van der Waals surface area contributed by atoms with Gasteiger partial charge >= 0.3 is 0 Å². The molecule has 0 aromatic heterocycles. The zero-order chi connectivity index (χ0) is 17.9. The van der Waals surface area contributed by atoms with E-state index >= 15 is 0 Å². The number of benzene rings is 3. The molecule has 0 saturated heterocycles. The Labute approximate surface area is 160 Å². The van der Waals surface area contributed by atoms with E-state index in [1.807, 2.05) is 6.26 Å². The standard InChI is InChI=1S/C24H22OS/c26-19-23(17-10-18-25-23)24(20-11-4-1-5-12-20,21-13-6-2-7-14-21)22-15-8-3-9-16-22/h1-16,18,26H,17,19H2. The zero-order valence-corrected chi connectivity index (χ0v) is 15.5. The summed E-state index contributed by atoms with van der Waals surface area (Å²) in [6.45, 7) is 0. The lowest BCUT2D eigenvalue weighted by Gasteiger charge is -2.48. The summed E-state index contributed by atoms with van der Waals surface area (Å²) in [4.78, 5) is 0. The number of thiol groups is 1. The molecule has 0 spiro atoms. The van der Waals surface area contributed by atoms with Gasteiger partial charge < -0.3 is 4.74 Å². The Morgan fingerprint density at radius 1 is 0.731 bits per heavy atom. The lowest BCUT2D eigenvalue weighted by atomic mass is 9.59. The summed E-state index contributed by atoms with van der Waals surface area (Å²) in [6, 6.07) is 32.0. The van der Waals surface area contributed by atoms with Crippen molar-refractivity contribution in [1.82, 2.24) is 0 Å². The molecule has 1 atom stereocenters.